The molecular weight excluding hydrogens is 408 g/mol. The molecule has 0 bridgehead atoms. The molecule has 0 aliphatic heterocycles. The van der Waals surface area contributed by atoms with E-state index in [1.54, 1.807) is 0 Å². The summed E-state index contributed by atoms with van der Waals surface area (Å²) in [5, 5.41) is 0. The van der Waals surface area contributed by atoms with Crippen LogP contribution in [0.5, 0.6) is 0 Å². The maximum absolute atomic E-state index is 2.75. The molecule has 4 rings (SSSR count). The number of rotatable bonds is 7. The van der Waals surface area contributed by atoms with Gasteiger partial charge in [-0.25, -0.2) is 0 Å². The van der Waals surface area contributed by atoms with Gasteiger partial charge in [0.05, 0.1) is 0 Å². The minimum atomic E-state index is 0.553. The van der Waals surface area contributed by atoms with E-state index in [4.69, 9.17) is 0 Å². The van der Waals surface area contributed by atoms with Crippen LogP contribution >= 0.6 is 0 Å². The summed E-state index contributed by atoms with van der Waals surface area (Å²) in [6.45, 7) is 19.5. The summed E-state index contributed by atoms with van der Waals surface area (Å²) in [4.78, 5) is 0. The maximum atomic E-state index is 2.75. The Kier molecular flexibility index (Phi) is 10.0. The van der Waals surface area contributed by atoms with Gasteiger partial charge in [-0.2, -0.15) is 0 Å². The van der Waals surface area contributed by atoms with Crippen LogP contribution in [0, 0.1) is 52.3 Å². The summed E-state index contributed by atoms with van der Waals surface area (Å²) in [7, 11) is 0. The van der Waals surface area contributed by atoms with Crippen LogP contribution in [-0.2, 0) is 0 Å². The zero-order valence-electron chi connectivity index (χ0n) is 24.5. The van der Waals surface area contributed by atoms with Gasteiger partial charge in [0.2, 0.25) is 0 Å². The summed E-state index contributed by atoms with van der Waals surface area (Å²) in [6, 6.07) is 0. The van der Waals surface area contributed by atoms with Gasteiger partial charge in [0.25, 0.3) is 0 Å². The van der Waals surface area contributed by atoms with Crippen molar-refractivity contribution in [3.05, 3.63) is 23.8 Å². The maximum Gasteiger partial charge on any atom is -0.00851 e. The average molecular weight is 469 g/mol. The summed E-state index contributed by atoms with van der Waals surface area (Å²) < 4.78 is 0. The smallest absolute Gasteiger partial charge is 0.00851 e. The van der Waals surface area contributed by atoms with Gasteiger partial charge >= 0.3 is 0 Å². The highest BCUT2D eigenvalue weighted by molar-refractivity contribution is 5.25. The minimum Gasteiger partial charge on any atom is -0.0917 e. The van der Waals surface area contributed by atoms with Crippen LogP contribution in [0.4, 0.5) is 0 Å². The molecule has 4 aliphatic rings. The van der Waals surface area contributed by atoms with Gasteiger partial charge < -0.3 is 0 Å². The highest BCUT2D eigenvalue weighted by Gasteiger charge is 2.58. The molecular formula is C34H60. The fourth-order valence-corrected chi connectivity index (χ4v) is 9.20. The molecule has 3 saturated carbocycles. The molecule has 196 valence electrons. The van der Waals surface area contributed by atoms with Crippen LogP contribution in [0.25, 0.3) is 0 Å². The predicted molar refractivity (Wildman–Crippen MR) is 152 cm³/mol. The second kappa shape index (κ2) is 12.1. The Hall–Kier alpha value is -0.520. The zero-order chi connectivity index (χ0) is 24.9. The van der Waals surface area contributed by atoms with E-state index in [2.05, 4.69) is 73.6 Å². The Bertz CT molecular complexity index is 682. The van der Waals surface area contributed by atoms with E-state index in [1.165, 1.54) is 83.5 Å². The van der Waals surface area contributed by atoms with E-state index < -0.39 is 0 Å². The molecule has 4 aliphatic carbocycles. The van der Waals surface area contributed by atoms with Crippen molar-refractivity contribution in [3.8, 4) is 0 Å². The van der Waals surface area contributed by atoms with Gasteiger partial charge in [0, 0.05) is 0 Å². The van der Waals surface area contributed by atoms with E-state index in [-0.39, 0.29) is 0 Å². The van der Waals surface area contributed by atoms with E-state index >= 15 is 0 Å². The molecule has 34 heavy (non-hydrogen) atoms. The molecule has 6 unspecified atom stereocenters. The Balaban J connectivity index is 0.000000481. The van der Waals surface area contributed by atoms with E-state index in [9.17, 15) is 0 Å². The average Bonchev–Trinajstić information content (AvgIpc) is 3.15. The third kappa shape index (κ3) is 5.89. The number of hydrogen-bond acceptors (Lipinski definition) is 0. The van der Waals surface area contributed by atoms with Crippen molar-refractivity contribution < 1.29 is 0 Å². The molecule has 8 atom stereocenters. The molecule has 3 fully saturated rings. The van der Waals surface area contributed by atoms with Crippen molar-refractivity contribution in [3.63, 3.8) is 0 Å². The SMILES string of the molecule is C/C=C/CCC.CC(C)CCCC(C)C1CCC2C3CC=C4CC(C)CC[C@@]4(C)C3CC[C@@]12C. The lowest BCUT2D eigenvalue weighted by molar-refractivity contribution is -0.0523. The van der Waals surface area contributed by atoms with Gasteiger partial charge in [-0.1, -0.05) is 98.0 Å². The Morgan fingerprint density at radius 2 is 1.76 bits per heavy atom. The lowest BCUT2D eigenvalue weighted by Gasteiger charge is -2.58. The summed E-state index contributed by atoms with van der Waals surface area (Å²) in [6.07, 6.45) is 25.7. The second-order valence-electron chi connectivity index (χ2n) is 14.0. The first-order chi connectivity index (χ1) is 16.2. The third-order valence-electron chi connectivity index (χ3n) is 11.2. The number of fused-ring (bicyclic) bond motifs is 5. The monoisotopic (exact) mass is 468 g/mol. The van der Waals surface area contributed by atoms with Gasteiger partial charge in [0.1, 0.15) is 0 Å². The predicted octanol–water partition coefficient (Wildman–Crippen LogP) is 11.0. The molecule has 0 heteroatoms. The van der Waals surface area contributed by atoms with Crippen molar-refractivity contribution in [2.24, 2.45) is 52.3 Å². The van der Waals surface area contributed by atoms with Crippen molar-refractivity contribution >= 4 is 0 Å². The first kappa shape index (κ1) is 28.1. The highest BCUT2D eigenvalue weighted by atomic mass is 14.6. The molecule has 0 heterocycles. The quantitative estimate of drug-likeness (QED) is 0.326. The first-order valence-electron chi connectivity index (χ1n) is 15.5. The zero-order valence-corrected chi connectivity index (χ0v) is 24.5. The standard InChI is InChI=1S/C28H48.C6H12/c1-19(2)8-7-9-21(4)24-12-13-25-23-11-10-22-18-20(3)14-16-27(22,5)26(23)15-17-28(24,25)6;1-3-5-6-4-2/h10,19-21,23-26H,7-9,11-18H2,1-6H3;3,5H,4,6H2,1-2H3/b;5-3+/t20?,21?,23?,24?,25?,26?,27-,28+;/m1./s1. The number of unbranched alkanes of at least 4 members (excludes halogenated alkanes) is 1. The highest BCUT2D eigenvalue weighted by Crippen LogP contribution is 2.67. The molecule has 0 aromatic heterocycles. The number of allylic oxidation sites excluding steroid dienone is 4. The minimum absolute atomic E-state index is 0.553. The summed E-state index contributed by atoms with van der Waals surface area (Å²) in [5.41, 5.74) is 3.06. The second-order valence-corrected chi connectivity index (χ2v) is 14.0. The van der Waals surface area contributed by atoms with Gasteiger partial charge in [-0.15, -0.1) is 0 Å². The Morgan fingerprint density at radius 3 is 2.41 bits per heavy atom. The lowest BCUT2D eigenvalue weighted by atomic mass is 9.46. The normalized spacial score (nSPS) is 40.1. The van der Waals surface area contributed by atoms with Crippen LogP contribution in [-0.4, -0.2) is 0 Å². The molecule has 0 amide bonds. The first-order valence-corrected chi connectivity index (χ1v) is 15.5. The molecule has 0 nitrogen and oxygen atoms in total. The van der Waals surface area contributed by atoms with E-state index in [0.717, 1.165) is 41.4 Å². The van der Waals surface area contributed by atoms with Crippen LogP contribution in [0.2, 0.25) is 0 Å². The molecule has 0 spiro atoms. The molecule has 0 N–H and O–H groups in total. The number of hydrogen-bond donors (Lipinski definition) is 0. The molecule has 0 aromatic rings. The van der Waals surface area contributed by atoms with Crippen molar-refractivity contribution in [2.75, 3.05) is 0 Å². The third-order valence-corrected chi connectivity index (χ3v) is 11.2. The molecule has 0 saturated heterocycles. The van der Waals surface area contributed by atoms with Crippen molar-refractivity contribution in [1.82, 2.24) is 0 Å². The van der Waals surface area contributed by atoms with Crippen LogP contribution in [0.15, 0.2) is 23.8 Å². The van der Waals surface area contributed by atoms with E-state index in [0.29, 0.717) is 10.8 Å². The molecule has 0 radical (unpaired) electrons. The van der Waals surface area contributed by atoms with Gasteiger partial charge in [0.15, 0.2) is 0 Å². The fourth-order valence-electron chi connectivity index (χ4n) is 9.20. The van der Waals surface area contributed by atoms with Gasteiger partial charge in [-0.05, 0) is 117 Å². The Labute approximate surface area is 214 Å². The fraction of sp³-hybridized carbons (Fsp3) is 0.882. The lowest BCUT2D eigenvalue weighted by Crippen LogP contribution is -2.50. The van der Waals surface area contributed by atoms with Crippen LogP contribution in [0.1, 0.15) is 139 Å². The topological polar surface area (TPSA) is 0 Å². The van der Waals surface area contributed by atoms with Crippen molar-refractivity contribution in [1.29, 1.82) is 0 Å². The van der Waals surface area contributed by atoms with Crippen LogP contribution < -0.4 is 0 Å². The molecule has 0 aromatic carbocycles. The van der Waals surface area contributed by atoms with Crippen LogP contribution in [0.3, 0.4) is 0 Å². The van der Waals surface area contributed by atoms with Crippen molar-refractivity contribution in [2.45, 2.75) is 139 Å². The van der Waals surface area contributed by atoms with Gasteiger partial charge in [-0.3, -0.25) is 0 Å². The van der Waals surface area contributed by atoms with E-state index in [1.807, 2.05) is 5.57 Å². The summed E-state index contributed by atoms with van der Waals surface area (Å²) in [5.74, 6) is 6.73. The summed E-state index contributed by atoms with van der Waals surface area (Å²) >= 11 is 0. The Morgan fingerprint density at radius 1 is 1.00 bits per heavy atom. The largest absolute Gasteiger partial charge is 0.0917 e.